The lowest BCUT2D eigenvalue weighted by Crippen LogP contribution is -2.38. The Morgan fingerprint density at radius 1 is 1.17 bits per heavy atom. The van der Waals surface area contributed by atoms with Crippen molar-refractivity contribution in [3.8, 4) is 0 Å². The average molecular weight is 272 g/mol. The number of amides is 2. The molecule has 0 rings (SSSR count). The summed E-state index contributed by atoms with van der Waals surface area (Å²) in [7, 11) is 0. The molecule has 106 valence electrons. The SMILES string of the molecule is O=C(O)CCCNC(=O)NCCOCC(F)(F)F. The fourth-order valence-electron chi connectivity index (χ4n) is 0.929. The molecule has 0 aromatic heterocycles. The van der Waals surface area contributed by atoms with E-state index in [1.54, 1.807) is 0 Å². The molecule has 0 aliphatic carbocycles. The van der Waals surface area contributed by atoms with E-state index in [-0.39, 0.29) is 32.5 Å². The molecule has 0 fully saturated rings. The molecule has 0 atom stereocenters. The molecule has 0 spiro atoms. The molecule has 2 amide bonds. The van der Waals surface area contributed by atoms with Crippen LogP contribution in [0.5, 0.6) is 0 Å². The number of aliphatic carboxylic acids is 1. The number of carbonyl (C=O) groups excluding carboxylic acids is 1. The van der Waals surface area contributed by atoms with Gasteiger partial charge >= 0.3 is 18.2 Å². The maximum atomic E-state index is 11.6. The van der Waals surface area contributed by atoms with E-state index in [1.165, 1.54) is 0 Å². The smallest absolute Gasteiger partial charge is 0.411 e. The number of halogens is 3. The van der Waals surface area contributed by atoms with E-state index < -0.39 is 24.8 Å². The van der Waals surface area contributed by atoms with Gasteiger partial charge in [-0.1, -0.05) is 0 Å². The Hall–Kier alpha value is -1.51. The van der Waals surface area contributed by atoms with Crippen LogP contribution >= 0.6 is 0 Å². The van der Waals surface area contributed by atoms with Gasteiger partial charge in [0, 0.05) is 19.5 Å². The highest BCUT2D eigenvalue weighted by Gasteiger charge is 2.27. The molecule has 0 saturated carbocycles. The third-order valence-corrected chi connectivity index (χ3v) is 1.65. The first-order chi connectivity index (χ1) is 8.31. The van der Waals surface area contributed by atoms with E-state index in [1.807, 2.05) is 0 Å². The Morgan fingerprint density at radius 3 is 2.33 bits per heavy atom. The summed E-state index contributed by atoms with van der Waals surface area (Å²) in [6.07, 6.45) is -4.15. The second kappa shape index (κ2) is 8.56. The number of urea groups is 1. The van der Waals surface area contributed by atoms with Gasteiger partial charge in [0.15, 0.2) is 0 Å². The molecule has 3 N–H and O–H groups in total. The maximum Gasteiger partial charge on any atom is 0.411 e. The zero-order chi connectivity index (χ0) is 14.0. The van der Waals surface area contributed by atoms with E-state index >= 15 is 0 Å². The summed E-state index contributed by atoms with van der Waals surface area (Å²) in [5.74, 6) is -0.960. The summed E-state index contributed by atoms with van der Waals surface area (Å²) >= 11 is 0. The van der Waals surface area contributed by atoms with Crippen LogP contribution in [0.2, 0.25) is 0 Å². The van der Waals surface area contributed by atoms with Crippen molar-refractivity contribution in [2.75, 3.05) is 26.3 Å². The first-order valence-electron chi connectivity index (χ1n) is 5.19. The number of hydrogen-bond acceptors (Lipinski definition) is 3. The van der Waals surface area contributed by atoms with Crippen LogP contribution in [0.1, 0.15) is 12.8 Å². The van der Waals surface area contributed by atoms with Crippen molar-refractivity contribution in [1.82, 2.24) is 10.6 Å². The van der Waals surface area contributed by atoms with Crippen molar-refractivity contribution in [3.05, 3.63) is 0 Å². The normalized spacial score (nSPS) is 11.1. The molecule has 0 aromatic rings. The molecule has 0 aliphatic heterocycles. The number of alkyl halides is 3. The largest absolute Gasteiger partial charge is 0.481 e. The van der Waals surface area contributed by atoms with Gasteiger partial charge < -0.3 is 20.5 Å². The summed E-state index contributed by atoms with van der Waals surface area (Å²) < 4.78 is 39.2. The van der Waals surface area contributed by atoms with Gasteiger partial charge in [0.05, 0.1) is 6.61 Å². The first kappa shape index (κ1) is 16.5. The second-order valence-corrected chi connectivity index (χ2v) is 3.35. The lowest BCUT2D eigenvalue weighted by atomic mass is 10.3. The highest BCUT2D eigenvalue weighted by atomic mass is 19.4. The van der Waals surface area contributed by atoms with Gasteiger partial charge in [0.2, 0.25) is 0 Å². The molecular formula is C9H15F3N2O4. The van der Waals surface area contributed by atoms with Gasteiger partial charge in [0.25, 0.3) is 0 Å². The highest BCUT2D eigenvalue weighted by molar-refractivity contribution is 5.73. The molecule has 0 bridgehead atoms. The topological polar surface area (TPSA) is 87.7 Å². The Morgan fingerprint density at radius 2 is 1.78 bits per heavy atom. The number of carbonyl (C=O) groups is 2. The maximum absolute atomic E-state index is 11.6. The minimum atomic E-state index is -4.38. The molecule has 9 heteroatoms. The Labute approximate surface area is 101 Å². The van der Waals surface area contributed by atoms with E-state index in [0.717, 1.165) is 0 Å². The molecule has 0 heterocycles. The van der Waals surface area contributed by atoms with Crippen LogP contribution in [0.4, 0.5) is 18.0 Å². The molecule has 0 radical (unpaired) electrons. The summed E-state index contributed by atoms with van der Waals surface area (Å²) in [6, 6.07) is -0.573. The summed E-state index contributed by atoms with van der Waals surface area (Å²) in [5.41, 5.74) is 0. The summed E-state index contributed by atoms with van der Waals surface area (Å²) in [5, 5.41) is 12.9. The molecule has 0 saturated heterocycles. The fraction of sp³-hybridized carbons (Fsp3) is 0.778. The number of rotatable bonds is 8. The van der Waals surface area contributed by atoms with Crippen molar-refractivity contribution in [3.63, 3.8) is 0 Å². The average Bonchev–Trinajstić information content (AvgIpc) is 2.22. The van der Waals surface area contributed by atoms with Crippen LogP contribution in [0.15, 0.2) is 0 Å². The van der Waals surface area contributed by atoms with Crippen LogP contribution in [0, 0.1) is 0 Å². The Kier molecular flexibility index (Phi) is 7.84. The van der Waals surface area contributed by atoms with Crippen molar-refractivity contribution in [1.29, 1.82) is 0 Å². The third kappa shape index (κ3) is 12.6. The first-order valence-corrected chi connectivity index (χ1v) is 5.19. The zero-order valence-corrected chi connectivity index (χ0v) is 9.55. The minimum absolute atomic E-state index is 0.0547. The van der Waals surface area contributed by atoms with Crippen molar-refractivity contribution in [2.45, 2.75) is 19.0 Å². The Bertz CT molecular complexity index is 271. The van der Waals surface area contributed by atoms with E-state index in [2.05, 4.69) is 15.4 Å². The number of carboxylic acid groups (broad SMARTS) is 1. The van der Waals surface area contributed by atoms with Gasteiger partial charge in [-0.05, 0) is 6.42 Å². The molecule has 0 aliphatic rings. The van der Waals surface area contributed by atoms with Gasteiger partial charge in [-0.15, -0.1) is 0 Å². The van der Waals surface area contributed by atoms with Gasteiger partial charge in [0.1, 0.15) is 6.61 Å². The van der Waals surface area contributed by atoms with Gasteiger partial charge in [-0.25, -0.2) is 4.79 Å². The Balaban J connectivity index is 3.35. The van der Waals surface area contributed by atoms with E-state index in [0.29, 0.717) is 0 Å². The monoisotopic (exact) mass is 272 g/mol. The summed E-state index contributed by atoms with van der Waals surface area (Å²) in [4.78, 5) is 21.1. The fourth-order valence-corrected chi connectivity index (χ4v) is 0.929. The van der Waals surface area contributed by atoms with Crippen molar-refractivity contribution in [2.24, 2.45) is 0 Å². The standard InChI is InChI=1S/C9H15F3N2O4/c10-9(11,12)6-18-5-4-14-8(17)13-3-1-2-7(15)16/h1-6H2,(H,15,16)(H2,13,14,17). The molecule has 0 unspecified atom stereocenters. The second-order valence-electron chi connectivity index (χ2n) is 3.35. The predicted molar refractivity (Wildman–Crippen MR) is 55.1 cm³/mol. The molecular weight excluding hydrogens is 257 g/mol. The van der Waals surface area contributed by atoms with Gasteiger partial charge in [-0.3, -0.25) is 4.79 Å². The van der Waals surface area contributed by atoms with Crippen LogP contribution < -0.4 is 10.6 Å². The van der Waals surface area contributed by atoms with Crippen molar-refractivity contribution >= 4 is 12.0 Å². The predicted octanol–water partition coefficient (Wildman–Crippen LogP) is 0.729. The van der Waals surface area contributed by atoms with E-state index in [4.69, 9.17) is 5.11 Å². The lowest BCUT2D eigenvalue weighted by Gasteiger charge is -2.09. The number of hydrogen-bond donors (Lipinski definition) is 3. The van der Waals surface area contributed by atoms with E-state index in [9.17, 15) is 22.8 Å². The van der Waals surface area contributed by atoms with Crippen LogP contribution in [-0.2, 0) is 9.53 Å². The van der Waals surface area contributed by atoms with Crippen molar-refractivity contribution < 1.29 is 32.6 Å². The minimum Gasteiger partial charge on any atom is -0.481 e. The number of nitrogens with one attached hydrogen (secondary N) is 2. The van der Waals surface area contributed by atoms with Gasteiger partial charge in [-0.2, -0.15) is 13.2 Å². The molecule has 0 aromatic carbocycles. The molecule has 6 nitrogen and oxygen atoms in total. The number of ether oxygens (including phenoxy) is 1. The summed E-state index contributed by atoms with van der Waals surface area (Å²) in [6.45, 7) is -1.47. The quantitative estimate of drug-likeness (QED) is 0.568. The highest BCUT2D eigenvalue weighted by Crippen LogP contribution is 2.13. The molecule has 18 heavy (non-hydrogen) atoms. The van der Waals surface area contributed by atoms with Crippen LogP contribution in [-0.4, -0.2) is 49.6 Å². The van der Waals surface area contributed by atoms with Crippen LogP contribution in [0.3, 0.4) is 0 Å². The van der Waals surface area contributed by atoms with Crippen LogP contribution in [0.25, 0.3) is 0 Å². The lowest BCUT2D eigenvalue weighted by molar-refractivity contribution is -0.173. The zero-order valence-electron chi connectivity index (χ0n) is 9.55. The number of carboxylic acids is 1. The third-order valence-electron chi connectivity index (χ3n) is 1.65.